The van der Waals surface area contributed by atoms with Gasteiger partial charge in [-0.2, -0.15) is 10.5 Å². The summed E-state index contributed by atoms with van der Waals surface area (Å²) in [6.45, 7) is 0. The number of hydrogen-bond acceptors (Lipinski definition) is 3. The SMILES string of the molecule is N#CC1(C#N)[C@H](C(=O)C23CC4CC(CC(C4)C2)C3)C12CCCCC2. The summed E-state index contributed by atoms with van der Waals surface area (Å²) in [6.07, 6.45) is 12.3. The fourth-order valence-electron chi connectivity index (χ4n) is 8.00. The maximum Gasteiger partial charge on any atom is 0.160 e. The minimum absolute atomic E-state index is 0.167. The highest BCUT2D eigenvalue weighted by Crippen LogP contribution is 2.77. The minimum Gasteiger partial charge on any atom is -0.299 e. The molecule has 1 atom stereocenters. The van der Waals surface area contributed by atoms with Crippen molar-refractivity contribution < 1.29 is 4.79 Å². The van der Waals surface area contributed by atoms with Crippen LogP contribution in [0.1, 0.15) is 70.6 Å². The third-order valence-electron chi connectivity index (χ3n) is 8.61. The first-order valence-electron chi connectivity index (χ1n) is 9.96. The predicted molar refractivity (Wildman–Crippen MR) is 88.3 cm³/mol. The predicted octanol–water partition coefficient (Wildman–Crippen LogP) is 4.39. The number of rotatable bonds is 2. The van der Waals surface area contributed by atoms with Crippen molar-refractivity contribution in [2.75, 3.05) is 0 Å². The first-order chi connectivity index (χ1) is 11.6. The van der Waals surface area contributed by atoms with Crippen LogP contribution in [0.3, 0.4) is 0 Å². The Morgan fingerprint density at radius 3 is 1.79 bits per heavy atom. The Balaban J connectivity index is 1.51. The van der Waals surface area contributed by atoms with Crippen LogP contribution in [-0.2, 0) is 4.79 Å². The second kappa shape index (κ2) is 4.63. The zero-order chi connectivity index (χ0) is 16.6. The topological polar surface area (TPSA) is 64.7 Å². The third-order valence-corrected chi connectivity index (χ3v) is 8.61. The number of nitriles is 2. The molecular formula is C21H26N2O. The van der Waals surface area contributed by atoms with Gasteiger partial charge in [-0.05, 0) is 69.1 Å². The van der Waals surface area contributed by atoms with E-state index in [-0.39, 0.29) is 16.7 Å². The van der Waals surface area contributed by atoms with Gasteiger partial charge in [-0.3, -0.25) is 4.79 Å². The Morgan fingerprint density at radius 1 is 0.833 bits per heavy atom. The molecule has 24 heavy (non-hydrogen) atoms. The fourth-order valence-corrected chi connectivity index (χ4v) is 8.00. The molecule has 126 valence electrons. The lowest BCUT2D eigenvalue weighted by molar-refractivity contribution is -0.146. The van der Waals surface area contributed by atoms with Gasteiger partial charge in [0.2, 0.25) is 0 Å². The van der Waals surface area contributed by atoms with E-state index in [0.717, 1.165) is 62.7 Å². The van der Waals surface area contributed by atoms with Crippen LogP contribution in [0.5, 0.6) is 0 Å². The quantitative estimate of drug-likeness (QED) is 0.757. The zero-order valence-corrected chi connectivity index (χ0v) is 14.4. The number of carbonyl (C=O) groups excluding carboxylic acids is 1. The summed E-state index contributed by atoms with van der Waals surface area (Å²) in [5, 5.41) is 19.7. The monoisotopic (exact) mass is 322 g/mol. The summed E-state index contributed by atoms with van der Waals surface area (Å²) >= 11 is 0. The number of carbonyl (C=O) groups is 1. The number of ketones is 1. The van der Waals surface area contributed by atoms with Gasteiger partial charge in [-0.25, -0.2) is 0 Å². The number of Topliss-reactive ketones (excluding diaryl/α,β-unsaturated/α-hetero) is 1. The molecule has 6 aliphatic rings. The summed E-state index contributed by atoms with van der Waals surface area (Å²) < 4.78 is 0. The van der Waals surface area contributed by atoms with Gasteiger partial charge < -0.3 is 0 Å². The molecule has 0 radical (unpaired) electrons. The molecule has 6 aliphatic carbocycles. The average Bonchev–Trinajstić information content (AvgIpc) is 3.13. The van der Waals surface area contributed by atoms with Gasteiger partial charge in [-0.15, -0.1) is 0 Å². The molecule has 1 spiro atoms. The zero-order valence-electron chi connectivity index (χ0n) is 14.4. The van der Waals surface area contributed by atoms with Gasteiger partial charge in [-0.1, -0.05) is 19.3 Å². The van der Waals surface area contributed by atoms with Crippen LogP contribution in [0.25, 0.3) is 0 Å². The lowest BCUT2D eigenvalue weighted by atomic mass is 9.48. The van der Waals surface area contributed by atoms with Crippen LogP contribution in [0, 0.1) is 62.6 Å². The molecule has 6 rings (SSSR count). The van der Waals surface area contributed by atoms with Crippen molar-refractivity contribution in [1.29, 1.82) is 10.5 Å². The molecule has 6 fully saturated rings. The summed E-state index contributed by atoms with van der Waals surface area (Å²) in [5.41, 5.74) is -1.47. The van der Waals surface area contributed by atoms with Crippen molar-refractivity contribution in [2.45, 2.75) is 70.6 Å². The molecule has 0 aromatic rings. The highest BCUT2D eigenvalue weighted by Gasteiger charge is 2.82. The summed E-state index contributed by atoms with van der Waals surface area (Å²) in [4.78, 5) is 13.8. The van der Waals surface area contributed by atoms with E-state index in [9.17, 15) is 15.3 Å². The highest BCUT2D eigenvalue weighted by molar-refractivity contribution is 5.94. The van der Waals surface area contributed by atoms with Gasteiger partial charge >= 0.3 is 0 Å². The van der Waals surface area contributed by atoms with Crippen molar-refractivity contribution >= 4 is 5.78 Å². The second-order valence-corrected chi connectivity index (χ2v) is 9.74. The van der Waals surface area contributed by atoms with Crippen molar-refractivity contribution in [3.8, 4) is 12.1 Å². The molecule has 6 saturated carbocycles. The van der Waals surface area contributed by atoms with Gasteiger partial charge in [0.25, 0.3) is 0 Å². The smallest absolute Gasteiger partial charge is 0.160 e. The first-order valence-corrected chi connectivity index (χ1v) is 9.96. The molecule has 0 aromatic carbocycles. The van der Waals surface area contributed by atoms with E-state index < -0.39 is 5.41 Å². The summed E-state index contributed by atoms with van der Waals surface area (Å²) in [5.74, 6) is 2.27. The van der Waals surface area contributed by atoms with E-state index in [0.29, 0.717) is 5.78 Å². The third kappa shape index (κ3) is 1.60. The van der Waals surface area contributed by atoms with Crippen LogP contribution in [-0.4, -0.2) is 5.78 Å². The number of nitrogens with zero attached hydrogens (tertiary/aromatic N) is 2. The molecule has 0 N–H and O–H groups in total. The molecule has 0 amide bonds. The summed E-state index contributed by atoms with van der Waals surface area (Å²) in [7, 11) is 0. The van der Waals surface area contributed by atoms with Crippen molar-refractivity contribution in [3.63, 3.8) is 0 Å². The molecule has 0 saturated heterocycles. The molecule has 3 nitrogen and oxygen atoms in total. The first kappa shape index (κ1) is 14.9. The Morgan fingerprint density at radius 2 is 1.33 bits per heavy atom. The number of hydrogen-bond donors (Lipinski definition) is 0. The Bertz CT molecular complexity index is 624. The molecule has 0 aliphatic heterocycles. The van der Waals surface area contributed by atoms with Gasteiger partial charge in [0.05, 0.1) is 18.1 Å². The van der Waals surface area contributed by atoms with Gasteiger partial charge in [0.15, 0.2) is 5.41 Å². The summed E-state index contributed by atoms with van der Waals surface area (Å²) in [6, 6.07) is 4.69. The van der Waals surface area contributed by atoms with Crippen LogP contribution in [0.15, 0.2) is 0 Å². The van der Waals surface area contributed by atoms with Crippen molar-refractivity contribution in [2.24, 2.45) is 39.9 Å². The maximum atomic E-state index is 13.8. The van der Waals surface area contributed by atoms with E-state index in [1.165, 1.54) is 25.7 Å². The Kier molecular flexibility index (Phi) is 2.88. The molecule has 0 unspecified atom stereocenters. The van der Waals surface area contributed by atoms with Crippen LogP contribution in [0.4, 0.5) is 0 Å². The maximum absolute atomic E-state index is 13.8. The molecular weight excluding hydrogens is 296 g/mol. The normalized spacial score (nSPS) is 46.2. The van der Waals surface area contributed by atoms with E-state index in [1.807, 2.05) is 0 Å². The minimum atomic E-state index is -1.01. The van der Waals surface area contributed by atoms with E-state index >= 15 is 0 Å². The Hall–Kier alpha value is -1.35. The standard InChI is InChI=1S/C21H26N2O/c22-12-21(13-23)17(20(21)4-2-1-3-5-20)18(24)19-9-14-6-15(10-19)8-16(7-14)11-19/h14-17H,1-11H2/t14?,15?,16?,17-,19?/m1/s1. The lowest BCUT2D eigenvalue weighted by Gasteiger charge is -2.56. The van der Waals surface area contributed by atoms with Crippen LogP contribution in [0.2, 0.25) is 0 Å². The molecule has 0 heterocycles. The van der Waals surface area contributed by atoms with Crippen LogP contribution < -0.4 is 0 Å². The average molecular weight is 322 g/mol. The van der Waals surface area contributed by atoms with Crippen LogP contribution >= 0.6 is 0 Å². The second-order valence-electron chi connectivity index (χ2n) is 9.74. The molecule has 4 bridgehead atoms. The molecule has 0 aromatic heterocycles. The lowest BCUT2D eigenvalue weighted by Crippen LogP contribution is -2.51. The fraction of sp³-hybridized carbons (Fsp3) is 0.857. The van der Waals surface area contributed by atoms with E-state index in [1.54, 1.807) is 0 Å². The van der Waals surface area contributed by atoms with E-state index in [2.05, 4.69) is 12.1 Å². The van der Waals surface area contributed by atoms with Gasteiger partial charge in [0.1, 0.15) is 5.78 Å². The molecule has 3 heteroatoms. The van der Waals surface area contributed by atoms with Crippen molar-refractivity contribution in [3.05, 3.63) is 0 Å². The Labute approximate surface area is 144 Å². The van der Waals surface area contributed by atoms with Gasteiger partial charge in [0, 0.05) is 10.8 Å². The largest absolute Gasteiger partial charge is 0.299 e. The van der Waals surface area contributed by atoms with Crippen molar-refractivity contribution in [1.82, 2.24) is 0 Å². The highest BCUT2D eigenvalue weighted by atomic mass is 16.1. The van der Waals surface area contributed by atoms with E-state index in [4.69, 9.17) is 0 Å².